The zero-order valence-electron chi connectivity index (χ0n) is 10.6. The molecule has 9 heteroatoms. The minimum absolute atomic E-state index is 0.0241. The molecule has 0 aliphatic carbocycles. The second-order valence-corrected chi connectivity index (χ2v) is 5.69. The van der Waals surface area contributed by atoms with E-state index in [-0.39, 0.29) is 31.8 Å². The number of rotatable bonds is 7. The Bertz CT molecular complexity index is 542. The van der Waals surface area contributed by atoms with E-state index in [1.54, 1.807) is 0 Å². The maximum Gasteiger partial charge on any atom is 0.249 e. The van der Waals surface area contributed by atoms with Crippen LogP contribution in [0.3, 0.4) is 0 Å². The number of methoxy groups -OCH3 is 1. The summed E-state index contributed by atoms with van der Waals surface area (Å²) in [7, 11) is -3.21. The van der Waals surface area contributed by atoms with Crippen LogP contribution in [-0.2, 0) is 14.8 Å². The molecule has 0 atom stereocenters. The molecule has 20 heavy (non-hydrogen) atoms. The van der Waals surface area contributed by atoms with Crippen LogP contribution in [-0.4, -0.2) is 51.2 Å². The number of benzene rings is 1. The Morgan fingerprint density at radius 3 is 2.20 bits per heavy atom. The topological polar surface area (TPSA) is 66.8 Å². The summed E-state index contributed by atoms with van der Waals surface area (Å²) in [6.07, 6.45) is 0. The van der Waals surface area contributed by atoms with Gasteiger partial charge in [0.2, 0.25) is 10.0 Å². The number of sulfonamides is 1. The van der Waals surface area contributed by atoms with E-state index in [0.29, 0.717) is 4.31 Å². The maximum atomic E-state index is 13.6. The van der Waals surface area contributed by atoms with Crippen LogP contribution in [0.5, 0.6) is 0 Å². The van der Waals surface area contributed by atoms with Gasteiger partial charge in [0.15, 0.2) is 4.90 Å². The molecule has 0 radical (unpaired) electrons. The van der Waals surface area contributed by atoms with Gasteiger partial charge in [0.1, 0.15) is 17.5 Å². The quantitative estimate of drug-likeness (QED) is 0.806. The molecular formula is C11H14F3NO4S. The fourth-order valence-electron chi connectivity index (χ4n) is 1.56. The Kier molecular flexibility index (Phi) is 5.93. The molecule has 0 aliphatic rings. The zero-order chi connectivity index (χ0) is 15.3. The van der Waals surface area contributed by atoms with Crippen molar-refractivity contribution >= 4 is 10.0 Å². The Labute approximate surface area is 114 Å². The van der Waals surface area contributed by atoms with Crippen molar-refractivity contribution in [1.82, 2.24) is 4.31 Å². The van der Waals surface area contributed by atoms with Crippen LogP contribution in [0.25, 0.3) is 0 Å². The third kappa shape index (κ3) is 3.69. The van der Waals surface area contributed by atoms with Crippen molar-refractivity contribution in [2.45, 2.75) is 4.90 Å². The minimum Gasteiger partial charge on any atom is -0.395 e. The molecule has 1 aromatic carbocycles. The molecule has 1 rings (SSSR count). The molecule has 1 aromatic rings. The number of nitrogens with zero attached hydrogens (tertiary/aromatic N) is 1. The van der Waals surface area contributed by atoms with Crippen LogP contribution >= 0.6 is 0 Å². The summed E-state index contributed by atoms with van der Waals surface area (Å²) in [5.41, 5.74) is 0. The molecule has 1 N–H and O–H groups in total. The highest BCUT2D eigenvalue weighted by atomic mass is 32.2. The molecule has 0 saturated heterocycles. The van der Waals surface area contributed by atoms with Crippen molar-refractivity contribution in [3.05, 3.63) is 29.6 Å². The second kappa shape index (κ2) is 7.02. The average Bonchev–Trinajstić information content (AvgIpc) is 2.32. The lowest BCUT2D eigenvalue weighted by Crippen LogP contribution is -2.37. The standard InChI is InChI=1S/C11H14F3NO4S/c1-19-5-3-15(2-4-16)20(17,18)11-9(13)6-8(12)7-10(11)14/h6-7,16H,2-5H2,1H3. The molecule has 0 amide bonds. The highest BCUT2D eigenvalue weighted by molar-refractivity contribution is 7.89. The molecule has 0 saturated carbocycles. The molecule has 0 spiro atoms. The SMILES string of the molecule is COCCN(CCO)S(=O)(=O)c1c(F)cc(F)cc1F. The first-order valence-corrected chi connectivity index (χ1v) is 7.03. The summed E-state index contributed by atoms with van der Waals surface area (Å²) in [4.78, 5) is -1.25. The van der Waals surface area contributed by atoms with Crippen molar-refractivity contribution in [2.75, 3.05) is 33.4 Å². The van der Waals surface area contributed by atoms with E-state index in [9.17, 15) is 21.6 Å². The molecule has 0 aromatic heterocycles. The second-order valence-electron chi connectivity index (χ2n) is 3.82. The van der Waals surface area contributed by atoms with Gasteiger partial charge in [0.05, 0.1) is 13.2 Å². The summed E-state index contributed by atoms with van der Waals surface area (Å²) in [6.45, 7) is -1.12. The number of hydrogen-bond donors (Lipinski definition) is 1. The predicted molar refractivity (Wildman–Crippen MR) is 64.0 cm³/mol. The minimum atomic E-state index is -4.54. The third-order valence-corrected chi connectivity index (χ3v) is 4.41. The monoisotopic (exact) mass is 313 g/mol. The van der Waals surface area contributed by atoms with Crippen LogP contribution in [0.15, 0.2) is 17.0 Å². The predicted octanol–water partition coefficient (Wildman–Crippen LogP) is 0.733. The van der Waals surface area contributed by atoms with Crippen LogP contribution in [0.2, 0.25) is 0 Å². The Hall–Kier alpha value is -1.16. The van der Waals surface area contributed by atoms with Gasteiger partial charge in [-0.3, -0.25) is 0 Å². The van der Waals surface area contributed by atoms with E-state index in [1.807, 2.05) is 0 Å². The van der Waals surface area contributed by atoms with Crippen LogP contribution < -0.4 is 0 Å². The van der Waals surface area contributed by atoms with Gasteiger partial charge in [0.25, 0.3) is 0 Å². The highest BCUT2D eigenvalue weighted by Crippen LogP contribution is 2.23. The lowest BCUT2D eigenvalue weighted by Gasteiger charge is -2.21. The summed E-state index contributed by atoms with van der Waals surface area (Å²) in [6, 6.07) is 0.562. The number of ether oxygens (including phenoxy) is 1. The van der Waals surface area contributed by atoms with Crippen molar-refractivity contribution in [3.8, 4) is 0 Å². The molecular weight excluding hydrogens is 299 g/mol. The Morgan fingerprint density at radius 2 is 1.75 bits per heavy atom. The molecule has 0 fully saturated rings. The van der Waals surface area contributed by atoms with E-state index >= 15 is 0 Å². The van der Waals surface area contributed by atoms with Gasteiger partial charge in [-0.25, -0.2) is 21.6 Å². The summed E-state index contributed by atoms with van der Waals surface area (Å²) >= 11 is 0. The van der Waals surface area contributed by atoms with E-state index in [2.05, 4.69) is 0 Å². The molecule has 0 unspecified atom stereocenters. The first kappa shape index (κ1) is 16.9. The fourth-order valence-corrected chi connectivity index (χ4v) is 3.07. The van der Waals surface area contributed by atoms with Gasteiger partial charge in [-0.1, -0.05) is 0 Å². The molecule has 0 heterocycles. The Morgan fingerprint density at radius 1 is 1.20 bits per heavy atom. The number of halogens is 3. The number of aliphatic hydroxyl groups is 1. The Balaban J connectivity index is 3.26. The first-order valence-electron chi connectivity index (χ1n) is 5.59. The van der Waals surface area contributed by atoms with Crippen LogP contribution in [0, 0.1) is 17.5 Å². The fraction of sp³-hybridized carbons (Fsp3) is 0.455. The van der Waals surface area contributed by atoms with E-state index in [0.717, 1.165) is 0 Å². The average molecular weight is 313 g/mol. The lowest BCUT2D eigenvalue weighted by atomic mass is 10.3. The van der Waals surface area contributed by atoms with Gasteiger partial charge >= 0.3 is 0 Å². The smallest absolute Gasteiger partial charge is 0.249 e. The van der Waals surface area contributed by atoms with Crippen LogP contribution in [0.1, 0.15) is 0 Å². The van der Waals surface area contributed by atoms with Gasteiger partial charge < -0.3 is 9.84 Å². The number of hydrogen-bond acceptors (Lipinski definition) is 4. The molecule has 114 valence electrons. The highest BCUT2D eigenvalue weighted by Gasteiger charge is 2.31. The van der Waals surface area contributed by atoms with Crippen molar-refractivity contribution in [2.24, 2.45) is 0 Å². The maximum absolute atomic E-state index is 13.6. The van der Waals surface area contributed by atoms with E-state index < -0.39 is 39.0 Å². The van der Waals surface area contributed by atoms with Crippen LogP contribution in [0.4, 0.5) is 13.2 Å². The van der Waals surface area contributed by atoms with Gasteiger partial charge in [-0.15, -0.1) is 0 Å². The third-order valence-electron chi connectivity index (χ3n) is 2.46. The summed E-state index contributed by atoms with van der Waals surface area (Å²) < 4.78 is 69.5. The molecule has 5 nitrogen and oxygen atoms in total. The van der Waals surface area contributed by atoms with E-state index in [4.69, 9.17) is 9.84 Å². The van der Waals surface area contributed by atoms with Gasteiger partial charge in [-0.05, 0) is 0 Å². The molecule has 0 aliphatic heterocycles. The van der Waals surface area contributed by atoms with E-state index in [1.165, 1.54) is 7.11 Å². The van der Waals surface area contributed by atoms with Gasteiger partial charge in [0, 0.05) is 32.3 Å². The summed E-state index contributed by atoms with van der Waals surface area (Å²) in [5, 5.41) is 8.83. The van der Waals surface area contributed by atoms with Crippen molar-refractivity contribution < 1.29 is 31.4 Å². The van der Waals surface area contributed by atoms with Crippen molar-refractivity contribution in [3.63, 3.8) is 0 Å². The van der Waals surface area contributed by atoms with Crippen molar-refractivity contribution in [1.29, 1.82) is 0 Å². The number of aliphatic hydroxyl groups excluding tert-OH is 1. The normalized spacial score (nSPS) is 12.1. The first-order chi connectivity index (χ1) is 9.34. The summed E-state index contributed by atoms with van der Waals surface area (Å²) in [5.74, 6) is -4.27. The lowest BCUT2D eigenvalue weighted by molar-refractivity contribution is 0.168. The largest absolute Gasteiger partial charge is 0.395 e. The zero-order valence-corrected chi connectivity index (χ0v) is 11.5. The van der Waals surface area contributed by atoms with Gasteiger partial charge in [-0.2, -0.15) is 4.31 Å². The molecule has 0 bridgehead atoms.